The number of fused-ring (bicyclic) bond motifs is 1. The highest BCUT2D eigenvalue weighted by Gasteiger charge is 2.05. The van der Waals surface area contributed by atoms with Crippen molar-refractivity contribution in [2.45, 2.75) is 19.9 Å². The van der Waals surface area contributed by atoms with Gasteiger partial charge in [-0.2, -0.15) is 0 Å². The highest BCUT2D eigenvalue weighted by molar-refractivity contribution is 5.94. The number of nitrogens with zero attached hydrogens (tertiary/aromatic N) is 2. The van der Waals surface area contributed by atoms with E-state index in [1.54, 1.807) is 0 Å². The van der Waals surface area contributed by atoms with Gasteiger partial charge in [0.1, 0.15) is 0 Å². The van der Waals surface area contributed by atoms with Crippen molar-refractivity contribution < 1.29 is 4.79 Å². The second-order valence-corrected chi connectivity index (χ2v) is 5.23. The van der Waals surface area contributed by atoms with Gasteiger partial charge < -0.3 is 9.88 Å². The molecule has 0 saturated heterocycles. The van der Waals surface area contributed by atoms with Crippen molar-refractivity contribution >= 4 is 16.9 Å². The maximum Gasteiger partial charge on any atom is 0.251 e. The lowest BCUT2D eigenvalue weighted by Crippen LogP contribution is -2.27. The van der Waals surface area contributed by atoms with E-state index in [1.165, 1.54) is 5.56 Å². The molecule has 0 atom stereocenters. The number of amides is 1. The lowest BCUT2D eigenvalue weighted by Gasteiger charge is -2.07. The molecule has 0 aliphatic heterocycles. The normalized spacial score (nSPS) is 10.8. The van der Waals surface area contributed by atoms with Crippen molar-refractivity contribution in [2.75, 3.05) is 6.54 Å². The number of hydrogen-bond donors (Lipinski definition) is 1. The summed E-state index contributed by atoms with van der Waals surface area (Å²) in [6, 6.07) is 15.7. The zero-order chi connectivity index (χ0) is 15.4. The first-order chi connectivity index (χ1) is 10.8. The number of carbonyl (C=O) groups excluding carboxylic acids is 1. The van der Waals surface area contributed by atoms with E-state index >= 15 is 0 Å². The molecule has 4 nitrogen and oxygen atoms in total. The van der Waals surface area contributed by atoms with Crippen LogP contribution in [0.3, 0.4) is 0 Å². The van der Waals surface area contributed by atoms with Gasteiger partial charge in [0.2, 0.25) is 0 Å². The highest BCUT2D eigenvalue weighted by atomic mass is 16.1. The predicted octanol–water partition coefficient (Wildman–Crippen LogP) is 3.03. The standard InChI is InChI=1S/C18H19N3O/c1-2-14-7-9-15(10-8-14)18(22)19-11-12-21-13-20-16-5-3-4-6-17(16)21/h3-10,13H,2,11-12H2,1H3,(H,19,22). The van der Waals surface area contributed by atoms with E-state index in [2.05, 4.69) is 21.8 Å². The topological polar surface area (TPSA) is 46.9 Å². The molecular weight excluding hydrogens is 274 g/mol. The summed E-state index contributed by atoms with van der Waals surface area (Å²) in [6.45, 7) is 3.39. The fraction of sp³-hybridized carbons (Fsp3) is 0.222. The third-order valence-corrected chi connectivity index (χ3v) is 3.79. The summed E-state index contributed by atoms with van der Waals surface area (Å²) < 4.78 is 2.05. The molecule has 1 aromatic heterocycles. The van der Waals surface area contributed by atoms with Crippen LogP contribution in [0.1, 0.15) is 22.8 Å². The Labute approximate surface area is 129 Å². The number of para-hydroxylation sites is 2. The average Bonchev–Trinajstić information content (AvgIpc) is 2.98. The van der Waals surface area contributed by atoms with Crippen LogP contribution >= 0.6 is 0 Å². The van der Waals surface area contributed by atoms with Crippen molar-refractivity contribution in [1.29, 1.82) is 0 Å². The third-order valence-electron chi connectivity index (χ3n) is 3.79. The molecule has 3 aromatic rings. The van der Waals surface area contributed by atoms with Crippen molar-refractivity contribution in [3.8, 4) is 0 Å². The van der Waals surface area contributed by atoms with Gasteiger partial charge in [0, 0.05) is 18.7 Å². The van der Waals surface area contributed by atoms with E-state index in [0.29, 0.717) is 18.7 Å². The molecule has 0 radical (unpaired) electrons. The van der Waals surface area contributed by atoms with Gasteiger partial charge in [-0.05, 0) is 36.2 Å². The smallest absolute Gasteiger partial charge is 0.251 e. The summed E-state index contributed by atoms with van der Waals surface area (Å²) in [6.07, 6.45) is 2.79. The Morgan fingerprint density at radius 2 is 1.91 bits per heavy atom. The molecule has 0 spiro atoms. The molecule has 0 aliphatic carbocycles. The molecular formula is C18H19N3O. The maximum atomic E-state index is 12.1. The molecule has 2 aromatic carbocycles. The van der Waals surface area contributed by atoms with Crippen LogP contribution in [0.5, 0.6) is 0 Å². The molecule has 1 N–H and O–H groups in total. The molecule has 1 amide bonds. The third kappa shape index (κ3) is 3.01. The second kappa shape index (κ2) is 6.43. The largest absolute Gasteiger partial charge is 0.350 e. The van der Waals surface area contributed by atoms with Crippen molar-refractivity contribution in [3.05, 3.63) is 66.0 Å². The molecule has 0 bridgehead atoms. The van der Waals surface area contributed by atoms with E-state index < -0.39 is 0 Å². The fourth-order valence-electron chi connectivity index (χ4n) is 2.47. The van der Waals surface area contributed by atoms with Crippen LogP contribution in [-0.4, -0.2) is 22.0 Å². The Balaban J connectivity index is 1.59. The van der Waals surface area contributed by atoms with Gasteiger partial charge in [0.05, 0.1) is 17.4 Å². The highest BCUT2D eigenvalue weighted by Crippen LogP contribution is 2.11. The van der Waals surface area contributed by atoms with Crippen molar-refractivity contribution in [1.82, 2.24) is 14.9 Å². The minimum absolute atomic E-state index is 0.0351. The molecule has 0 fully saturated rings. The zero-order valence-corrected chi connectivity index (χ0v) is 12.6. The van der Waals surface area contributed by atoms with E-state index in [1.807, 2.05) is 54.9 Å². The lowest BCUT2D eigenvalue weighted by atomic mass is 10.1. The number of benzene rings is 2. The minimum atomic E-state index is -0.0351. The van der Waals surface area contributed by atoms with Gasteiger partial charge >= 0.3 is 0 Å². The van der Waals surface area contributed by atoms with Crippen LogP contribution in [0.4, 0.5) is 0 Å². The van der Waals surface area contributed by atoms with E-state index in [0.717, 1.165) is 17.5 Å². The zero-order valence-electron chi connectivity index (χ0n) is 12.6. The first-order valence-corrected chi connectivity index (χ1v) is 7.55. The second-order valence-electron chi connectivity index (χ2n) is 5.23. The maximum absolute atomic E-state index is 12.1. The van der Waals surface area contributed by atoms with Crippen LogP contribution in [-0.2, 0) is 13.0 Å². The van der Waals surface area contributed by atoms with Crippen molar-refractivity contribution in [3.63, 3.8) is 0 Å². The van der Waals surface area contributed by atoms with E-state index in [-0.39, 0.29) is 5.91 Å². The molecule has 4 heteroatoms. The van der Waals surface area contributed by atoms with Gasteiger partial charge in [-0.1, -0.05) is 31.2 Å². The van der Waals surface area contributed by atoms with Crippen LogP contribution in [0, 0.1) is 0 Å². The summed E-state index contributed by atoms with van der Waals surface area (Å²) >= 11 is 0. The number of nitrogens with one attached hydrogen (secondary N) is 1. The summed E-state index contributed by atoms with van der Waals surface area (Å²) in [5, 5.41) is 2.95. The number of rotatable bonds is 5. The minimum Gasteiger partial charge on any atom is -0.350 e. The van der Waals surface area contributed by atoms with Gasteiger partial charge in [0.15, 0.2) is 0 Å². The molecule has 22 heavy (non-hydrogen) atoms. The number of aryl methyl sites for hydroxylation is 1. The molecule has 0 unspecified atom stereocenters. The number of aromatic nitrogens is 2. The molecule has 112 valence electrons. The summed E-state index contributed by atoms with van der Waals surface area (Å²) in [7, 11) is 0. The predicted molar refractivity (Wildman–Crippen MR) is 87.9 cm³/mol. The van der Waals surface area contributed by atoms with Crippen molar-refractivity contribution in [2.24, 2.45) is 0 Å². The van der Waals surface area contributed by atoms with Crippen LogP contribution in [0.15, 0.2) is 54.9 Å². The summed E-state index contributed by atoms with van der Waals surface area (Å²) in [5.74, 6) is -0.0351. The fourth-order valence-corrected chi connectivity index (χ4v) is 2.47. The van der Waals surface area contributed by atoms with Gasteiger partial charge in [0.25, 0.3) is 5.91 Å². The first-order valence-electron chi connectivity index (χ1n) is 7.55. The molecule has 0 aliphatic rings. The van der Waals surface area contributed by atoms with Gasteiger partial charge in [-0.15, -0.1) is 0 Å². The van der Waals surface area contributed by atoms with E-state index in [4.69, 9.17) is 0 Å². The first kappa shape index (κ1) is 14.3. The van der Waals surface area contributed by atoms with Crippen LogP contribution in [0.25, 0.3) is 11.0 Å². The molecule has 1 heterocycles. The summed E-state index contributed by atoms with van der Waals surface area (Å²) in [5.41, 5.74) is 4.00. The quantitative estimate of drug-likeness (QED) is 0.786. The lowest BCUT2D eigenvalue weighted by molar-refractivity contribution is 0.0952. The Bertz CT molecular complexity index is 774. The number of carbonyl (C=O) groups is 1. The SMILES string of the molecule is CCc1ccc(C(=O)NCCn2cnc3ccccc32)cc1. The Kier molecular flexibility index (Phi) is 4.19. The Hall–Kier alpha value is -2.62. The average molecular weight is 293 g/mol. The monoisotopic (exact) mass is 293 g/mol. The van der Waals surface area contributed by atoms with Gasteiger partial charge in [-0.3, -0.25) is 4.79 Å². The Morgan fingerprint density at radius 1 is 1.14 bits per heavy atom. The van der Waals surface area contributed by atoms with Crippen LogP contribution < -0.4 is 5.32 Å². The summed E-state index contributed by atoms with van der Waals surface area (Å²) in [4.78, 5) is 16.4. The molecule has 3 rings (SSSR count). The number of imidazole rings is 1. The number of hydrogen-bond acceptors (Lipinski definition) is 2. The Morgan fingerprint density at radius 3 is 2.68 bits per heavy atom. The van der Waals surface area contributed by atoms with E-state index in [9.17, 15) is 4.79 Å². The van der Waals surface area contributed by atoms with Crippen LogP contribution in [0.2, 0.25) is 0 Å². The van der Waals surface area contributed by atoms with Gasteiger partial charge in [-0.25, -0.2) is 4.98 Å². The molecule has 0 saturated carbocycles.